The van der Waals surface area contributed by atoms with Crippen molar-refractivity contribution in [1.29, 1.82) is 0 Å². The largest absolute Gasteiger partial charge is 0.389 e. The van der Waals surface area contributed by atoms with Crippen molar-refractivity contribution in [3.8, 4) is 0 Å². The highest BCUT2D eigenvalue weighted by Gasteiger charge is 2.15. The molecule has 0 unspecified atom stereocenters. The van der Waals surface area contributed by atoms with Crippen molar-refractivity contribution < 1.29 is 12.8 Å². The Hall–Kier alpha value is -1.99. The van der Waals surface area contributed by atoms with Crippen LogP contribution in [0.3, 0.4) is 0 Å². The van der Waals surface area contributed by atoms with E-state index in [1.165, 1.54) is 30.3 Å². The van der Waals surface area contributed by atoms with Crippen LogP contribution >= 0.6 is 12.2 Å². The topological polar surface area (TPSA) is 72.2 Å². The Kier molecular flexibility index (Phi) is 4.24. The maximum Gasteiger partial charge on any atom is 0.261 e. The van der Waals surface area contributed by atoms with Crippen LogP contribution in [0.2, 0.25) is 0 Å². The van der Waals surface area contributed by atoms with E-state index in [4.69, 9.17) is 18.0 Å². The van der Waals surface area contributed by atoms with Crippen LogP contribution in [-0.4, -0.2) is 13.4 Å². The third-order valence-corrected chi connectivity index (χ3v) is 4.38. The van der Waals surface area contributed by atoms with Gasteiger partial charge in [-0.05, 0) is 42.8 Å². The summed E-state index contributed by atoms with van der Waals surface area (Å²) >= 11 is 4.80. The molecule has 0 saturated carbocycles. The number of nitrogens with two attached hydrogens (primary N) is 1. The fourth-order valence-corrected chi connectivity index (χ4v) is 2.98. The van der Waals surface area contributed by atoms with Crippen LogP contribution in [-0.2, 0) is 10.0 Å². The number of thiocarbonyl (C=S) groups is 1. The summed E-state index contributed by atoms with van der Waals surface area (Å²) in [5, 5.41) is 0. The standard InChI is InChI=1S/C14H13FN2O2S2/c1-9-6-11(15)8-12(7-9)17-21(18,19)13-4-2-10(3-5-13)14(16)20/h2-8,17H,1H3,(H2,16,20). The van der Waals surface area contributed by atoms with Crippen LogP contribution < -0.4 is 10.5 Å². The molecule has 2 rings (SSSR count). The van der Waals surface area contributed by atoms with E-state index in [9.17, 15) is 12.8 Å². The lowest BCUT2D eigenvalue weighted by Gasteiger charge is -2.09. The Morgan fingerprint density at radius 3 is 2.33 bits per heavy atom. The van der Waals surface area contributed by atoms with Crippen molar-refractivity contribution in [2.24, 2.45) is 5.73 Å². The molecule has 4 nitrogen and oxygen atoms in total. The maximum absolute atomic E-state index is 13.3. The molecular formula is C14H13FN2O2S2. The molecule has 0 atom stereocenters. The smallest absolute Gasteiger partial charge is 0.261 e. The monoisotopic (exact) mass is 324 g/mol. The molecule has 0 spiro atoms. The van der Waals surface area contributed by atoms with Crippen molar-refractivity contribution in [3.63, 3.8) is 0 Å². The summed E-state index contributed by atoms with van der Waals surface area (Å²) in [5.74, 6) is -0.503. The Balaban J connectivity index is 2.31. The number of anilines is 1. The minimum absolute atomic E-state index is 0.0458. The highest BCUT2D eigenvalue weighted by atomic mass is 32.2. The van der Waals surface area contributed by atoms with Crippen LogP contribution in [0.25, 0.3) is 0 Å². The number of aryl methyl sites for hydroxylation is 1. The molecule has 0 radical (unpaired) electrons. The molecule has 0 saturated heterocycles. The van der Waals surface area contributed by atoms with Gasteiger partial charge in [-0.2, -0.15) is 0 Å². The van der Waals surface area contributed by atoms with E-state index in [0.29, 0.717) is 11.1 Å². The number of sulfonamides is 1. The summed E-state index contributed by atoms with van der Waals surface area (Å²) in [4.78, 5) is 0.233. The first kappa shape index (κ1) is 15.4. The predicted octanol–water partition coefficient (Wildman–Crippen LogP) is 2.57. The molecule has 0 heterocycles. The summed E-state index contributed by atoms with van der Waals surface area (Å²) in [6.07, 6.45) is 0. The SMILES string of the molecule is Cc1cc(F)cc(NS(=O)(=O)c2ccc(C(N)=S)cc2)c1. The number of hydrogen-bond donors (Lipinski definition) is 2. The van der Waals surface area contributed by atoms with Crippen molar-refractivity contribution in [3.05, 3.63) is 59.4 Å². The lowest BCUT2D eigenvalue weighted by atomic mass is 10.2. The van der Waals surface area contributed by atoms with Gasteiger partial charge >= 0.3 is 0 Å². The molecule has 3 N–H and O–H groups in total. The van der Waals surface area contributed by atoms with Gasteiger partial charge in [-0.1, -0.05) is 24.4 Å². The van der Waals surface area contributed by atoms with Crippen LogP contribution in [0.5, 0.6) is 0 Å². The van der Waals surface area contributed by atoms with Gasteiger partial charge in [0.15, 0.2) is 0 Å². The zero-order chi connectivity index (χ0) is 15.6. The lowest BCUT2D eigenvalue weighted by Crippen LogP contribution is -2.14. The molecule has 2 aromatic carbocycles. The normalized spacial score (nSPS) is 11.1. The van der Waals surface area contributed by atoms with Gasteiger partial charge < -0.3 is 5.73 Å². The van der Waals surface area contributed by atoms with Crippen LogP contribution in [0.15, 0.2) is 47.4 Å². The molecule has 0 amide bonds. The second-order valence-corrected chi connectivity index (χ2v) is 6.63. The Labute approximate surface area is 127 Å². The average molecular weight is 324 g/mol. The van der Waals surface area contributed by atoms with Crippen molar-refractivity contribution in [2.45, 2.75) is 11.8 Å². The van der Waals surface area contributed by atoms with Gasteiger partial charge in [-0.15, -0.1) is 0 Å². The van der Waals surface area contributed by atoms with E-state index in [2.05, 4.69) is 4.72 Å². The van der Waals surface area contributed by atoms with E-state index in [-0.39, 0.29) is 15.6 Å². The van der Waals surface area contributed by atoms with E-state index < -0.39 is 15.8 Å². The second kappa shape index (κ2) is 5.79. The van der Waals surface area contributed by atoms with Crippen LogP contribution in [0.1, 0.15) is 11.1 Å². The molecule has 0 aliphatic rings. The summed E-state index contributed by atoms with van der Waals surface area (Å²) in [5.41, 5.74) is 6.82. The fraction of sp³-hybridized carbons (Fsp3) is 0.0714. The zero-order valence-corrected chi connectivity index (χ0v) is 12.8. The van der Waals surface area contributed by atoms with E-state index in [0.717, 1.165) is 6.07 Å². The summed E-state index contributed by atoms with van der Waals surface area (Å²) in [6, 6.07) is 9.81. The molecular weight excluding hydrogens is 311 g/mol. The van der Waals surface area contributed by atoms with Crippen LogP contribution in [0, 0.1) is 12.7 Å². The van der Waals surface area contributed by atoms with Crippen LogP contribution in [0.4, 0.5) is 10.1 Å². The van der Waals surface area contributed by atoms with Gasteiger partial charge in [0.1, 0.15) is 10.8 Å². The molecule has 0 aliphatic heterocycles. The van der Waals surface area contributed by atoms with Crippen molar-refractivity contribution in [1.82, 2.24) is 0 Å². The minimum Gasteiger partial charge on any atom is -0.389 e. The van der Waals surface area contributed by atoms with Gasteiger partial charge in [0.2, 0.25) is 0 Å². The van der Waals surface area contributed by atoms with Crippen molar-refractivity contribution in [2.75, 3.05) is 4.72 Å². The fourth-order valence-electron chi connectivity index (χ4n) is 1.81. The molecule has 0 fully saturated rings. The highest BCUT2D eigenvalue weighted by molar-refractivity contribution is 7.92. The molecule has 7 heteroatoms. The van der Waals surface area contributed by atoms with E-state index >= 15 is 0 Å². The first-order valence-corrected chi connectivity index (χ1v) is 7.87. The molecule has 2 aromatic rings. The highest BCUT2D eigenvalue weighted by Crippen LogP contribution is 2.19. The first-order valence-electron chi connectivity index (χ1n) is 5.98. The van der Waals surface area contributed by atoms with E-state index in [1.807, 2.05) is 0 Å². The molecule has 21 heavy (non-hydrogen) atoms. The Bertz CT molecular complexity index is 767. The third kappa shape index (κ3) is 3.77. The number of hydrogen-bond acceptors (Lipinski definition) is 3. The molecule has 110 valence electrons. The number of nitrogens with one attached hydrogen (secondary N) is 1. The van der Waals surface area contributed by atoms with Gasteiger partial charge in [-0.25, -0.2) is 12.8 Å². The minimum atomic E-state index is -3.79. The number of halogens is 1. The quantitative estimate of drug-likeness (QED) is 0.848. The average Bonchev–Trinajstić information content (AvgIpc) is 2.37. The Morgan fingerprint density at radius 1 is 1.19 bits per heavy atom. The zero-order valence-electron chi connectivity index (χ0n) is 11.1. The van der Waals surface area contributed by atoms with Crippen molar-refractivity contribution >= 4 is 32.9 Å². The third-order valence-electron chi connectivity index (χ3n) is 2.74. The maximum atomic E-state index is 13.3. The van der Waals surface area contributed by atoms with Gasteiger partial charge in [0, 0.05) is 5.56 Å². The first-order chi connectivity index (χ1) is 9.78. The predicted molar refractivity (Wildman–Crippen MR) is 84.3 cm³/mol. The molecule has 0 aliphatic carbocycles. The Morgan fingerprint density at radius 2 is 1.81 bits per heavy atom. The molecule has 0 aromatic heterocycles. The number of rotatable bonds is 4. The second-order valence-electron chi connectivity index (χ2n) is 4.51. The van der Waals surface area contributed by atoms with Gasteiger partial charge in [-0.3, -0.25) is 4.72 Å². The summed E-state index contributed by atoms with van der Waals surface area (Å²) in [7, 11) is -3.79. The summed E-state index contributed by atoms with van der Waals surface area (Å²) in [6.45, 7) is 1.68. The lowest BCUT2D eigenvalue weighted by molar-refractivity contribution is 0.601. The molecule has 0 bridgehead atoms. The van der Waals surface area contributed by atoms with Gasteiger partial charge in [0.05, 0.1) is 10.6 Å². The van der Waals surface area contributed by atoms with Gasteiger partial charge in [0.25, 0.3) is 10.0 Å². The van der Waals surface area contributed by atoms with E-state index in [1.54, 1.807) is 13.0 Å². The summed E-state index contributed by atoms with van der Waals surface area (Å²) < 4.78 is 40.0. The number of benzene rings is 2.